The zero-order valence-electron chi connectivity index (χ0n) is 18.6. The van der Waals surface area contributed by atoms with Crippen LogP contribution in [0.25, 0.3) is 0 Å². The van der Waals surface area contributed by atoms with Crippen LogP contribution in [0.15, 0.2) is 55.1 Å². The third-order valence-electron chi connectivity index (χ3n) is 6.43. The van der Waals surface area contributed by atoms with Crippen molar-refractivity contribution in [3.05, 3.63) is 71.8 Å². The second-order valence-corrected chi connectivity index (χ2v) is 8.53. The van der Waals surface area contributed by atoms with Crippen molar-refractivity contribution in [2.75, 3.05) is 23.3 Å². The van der Waals surface area contributed by atoms with Gasteiger partial charge in [0.25, 0.3) is 5.91 Å². The van der Waals surface area contributed by atoms with E-state index in [4.69, 9.17) is 11.5 Å². The molecule has 11 heteroatoms. The van der Waals surface area contributed by atoms with Gasteiger partial charge in [0, 0.05) is 30.3 Å². The molecule has 184 valence electrons. The Morgan fingerprint density at radius 2 is 1.89 bits per heavy atom. The van der Waals surface area contributed by atoms with Gasteiger partial charge in [0.15, 0.2) is 0 Å². The zero-order chi connectivity index (χ0) is 25.5. The minimum absolute atomic E-state index is 0.0242. The van der Waals surface area contributed by atoms with Crippen LogP contribution in [0.5, 0.6) is 0 Å². The van der Waals surface area contributed by atoms with E-state index in [2.05, 4.69) is 11.9 Å². The van der Waals surface area contributed by atoms with Gasteiger partial charge in [-0.1, -0.05) is 18.7 Å². The maximum Gasteiger partial charge on any atom is 0.416 e. The molecule has 2 aromatic rings. The molecule has 0 radical (unpaired) electrons. The van der Waals surface area contributed by atoms with E-state index in [1.54, 1.807) is 15.9 Å². The summed E-state index contributed by atoms with van der Waals surface area (Å²) in [6, 6.07) is 8.35. The van der Waals surface area contributed by atoms with Crippen molar-refractivity contribution in [2.45, 2.75) is 30.7 Å². The molecule has 0 spiro atoms. The highest BCUT2D eigenvalue weighted by Gasteiger charge is 2.54. The lowest BCUT2D eigenvalue weighted by Crippen LogP contribution is -2.63. The number of hydrogen-bond acceptors (Lipinski definition) is 5. The number of anilines is 2. The topological polar surface area (TPSA) is 122 Å². The van der Waals surface area contributed by atoms with Gasteiger partial charge < -0.3 is 26.6 Å². The Labute approximate surface area is 199 Å². The summed E-state index contributed by atoms with van der Waals surface area (Å²) in [5, 5.41) is 3.00. The van der Waals surface area contributed by atoms with E-state index < -0.39 is 35.3 Å². The van der Waals surface area contributed by atoms with Gasteiger partial charge in [0.2, 0.25) is 17.5 Å². The first-order valence-corrected chi connectivity index (χ1v) is 10.9. The normalized spacial score (nSPS) is 21.7. The predicted molar refractivity (Wildman–Crippen MR) is 123 cm³/mol. The number of fused-ring (bicyclic) bond motifs is 1. The lowest BCUT2D eigenvalue weighted by Gasteiger charge is -2.46. The fourth-order valence-corrected chi connectivity index (χ4v) is 4.86. The lowest BCUT2D eigenvalue weighted by molar-refractivity contribution is -0.138. The molecule has 1 fully saturated rings. The summed E-state index contributed by atoms with van der Waals surface area (Å²) in [6.45, 7) is 4.18. The molecule has 0 bridgehead atoms. The molecule has 35 heavy (non-hydrogen) atoms. The molecule has 8 nitrogen and oxygen atoms in total. The molecule has 1 saturated heterocycles. The van der Waals surface area contributed by atoms with Crippen LogP contribution < -0.4 is 21.7 Å². The molecule has 4 rings (SSSR count). The summed E-state index contributed by atoms with van der Waals surface area (Å²) >= 11 is 0. The maximum absolute atomic E-state index is 13.6. The molecule has 2 heterocycles. The van der Waals surface area contributed by atoms with E-state index in [1.165, 1.54) is 30.3 Å². The van der Waals surface area contributed by atoms with Crippen molar-refractivity contribution in [1.82, 2.24) is 4.90 Å². The summed E-state index contributed by atoms with van der Waals surface area (Å²) in [4.78, 5) is 40.4. The minimum Gasteiger partial charge on any atom is -0.366 e. The quantitative estimate of drug-likeness (QED) is 0.560. The highest BCUT2D eigenvalue weighted by atomic mass is 19.4. The molecular formula is C24H24F3N5O3. The standard InChI is InChI=1S/C24H24F3N5O3/c1-2-20(33)31-10-4-7-17(13-31)32-19-9-8-14(21(28)34)11-18(19)30-23(32,22(29)35)15-5-3-6-16(12-15)24(25,26)27/h2-3,5-6,8-9,11-12,17,30H,1,4,7,10,13H2,(H2,28,34)(H2,29,35). The van der Waals surface area contributed by atoms with Gasteiger partial charge >= 0.3 is 6.18 Å². The molecule has 2 unspecified atom stereocenters. The second-order valence-electron chi connectivity index (χ2n) is 8.53. The number of carbonyl (C=O) groups excluding carboxylic acids is 3. The number of carbonyl (C=O) groups is 3. The first kappa shape index (κ1) is 24.1. The van der Waals surface area contributed by atoms with E-state index >= 15 is 0 Å². The monoisotopic (exact) mass is 487 g/mol. The number of rotatable bonds is 5. The summed E-state index contributed by atoms with van der Waals surface area (Å²) in [5.41, 5.74) is 9.34. The van der Waals surface area contributed by atoms with E-state index in [9.17, 15) is 27.6 Å². The van der Waals surface area contributed by atoms with Crippen LogP contribution in [0.1, 0.15) is 34.3 Å². The molecule has 0 aliphatic carbocycles. The first-order valence-electron chi connectivity index (χ1n) is 10.9. The number of likely N-dealkylation sites (tertiary alicyclic amines) is 1. The van der Waals surface area contributed by atoms with Gasteiger partial charge in [-0.2, -0.15) is 13.2 Å². The molecule has 2 aliphatic heterocycles. The van der Waals surface area contributed by atoms with E-state index in [1.807, 2.05) is 0 Å². The van der Waals surface area contributed by atoms with Crippen LogP contribution in [0.4, 0.5) is 24.5 Å². The number of amides is 3. The Morgan fingerprint density at radius 1 is 1.14 bits per heavy atom. The molecule has 2 atom stereocenters. The van der Waals surface area contributed by atoms with Crippen molar-refractivity contribution in [3.8, 4) is 0 Å². The Hall–Kier alpha value is -4.02. The highest BCUT2D eigenvalue weighted by Crippen LogP contribution is 2.48. The van der Waals surface area contributed by atoms with E-state index in [0.29, 0.717) is 30.8 Å². The Morgan fingerprint density at radius 3 is 2.51 bits per heavy atom. The first-order chi connectivity index (χ1) is 16.5. The number of nitrogens with zero attached hydrogens (tertiary/aromatic N) is 2. The summed E-state index contributed by atoms with van der Waals surface area (Å²) in [6.07, 6.45) is -2.34. The van der Waals surface area contributed by atoms with Crippen molar-refractivity contribution in [3.63, 3.8) is 0 Å². The molecule has 3 amide bonds. The second kappa shape index (κ2) is 8.64. The molecule has 5 N–H and O–H groups in total. The summed E-state index contributed by atoms with van der Waals surface area (Å²) < 4.78 is 40.7. The summed E-state index contributed by atoms with van der Waals surface area (Å²) in [7, 11) is 0. The average Bonchev–Trinajstić information content (AvgIpc) is 3.19. The van der Waals surface area contributed by atoms with Crippen molar-refractivity contribution in [1.29, 1.82) is 0 Å². The SMILES string of the molecule is C=CC(=O)N1CCCC(N2c3ccc(C(N)=O)cc3NC2(C(N)=O)c2cccc(C(F)(F)F)c2)C1. The van der Waals surface area contributed by atoms with Gasteiger partial charge in [-0.3, -0.25) is 14.4 Å². The number of alkyl halides is 3. The van der Waals surface area contributed by atoms with Gasteiger partial charge in [-0.15, -0.1) is 0 Å². The van der Waals surface area contributed by atoms with Gasteiger partial charge in [0.1, 0.15) is 0 Å². The number of piperidine rings is 1. The molecule has 0 aromatic heterocycles. The zero-order valence-corrected chi connectivity index (χ0v) is 18.6. The lowest BCUT2D eigenvalue weighted by atomic mass is 9.91. The largest absolute Gasteiger partial charge is 0.416 e. The van der Waals surface area contributed by atoms with E-state index in [0.717, 1.165) is 12.1 Å². The van der Waals surface area contributed by atoms with Crippen molar-refractivity contribution in [2.24, 2.45) is 11.5 Å². The van der Waals surface area contributed by atoms with Crippen LogP contribution in [-0.4, -0.2) is 41.8 Å². The van der Waals surface area contributed by atoms with Crippen LogP contribution >= 0.6 is 0 Å². The Balaban J connectivity index is 1.91. The third kappa shape index (κ3) is 4.07. The molecule has 2 aliphatic rings. The average molecular weight is 487 g/mol. The van der Waals surface area contributed by atoms with Crippen molar-refractivity contribution < 1.29 is 27.6 Å². The minimum atomic E-state index is -4.65. The van der Waals surface area contributed by atoms with Gasteiger partial charge in [-0.05, 0) is 49.2 Å². The van der Waals surface area contributed by atoms with E-state index in [-0.39, 0.29) is 23.6 Å². The van der Waals surface area contributed by atoms with Crippen LogP contribution in [0, 0.1) is 0 Å². The molecule has 0 saturated carbocycles. The predicted octanol–water partition coefficient (Wildman–Crippen LogP) is 2.55. The third-order valence-corrected chi connectivity index (χ3v) is 6.43. The van der Waals surface area contributed by atoms with Crippen LogP contribution in [0.3, 0.4) is 0 Å². The van der Waals surface area contributed by atoms with Crippen LogP contribution in [-0.2, 0) is 21.4 Å². The Kier molecular flexibility index (Phi) is 5.95. The molecular weight excluding hydrogens is 463 g/mol. The highest BCUT2D eigenvalue weighted by molar-refractivity contribution is 6.01. The fraction of sp³-hybridized carbons (Fsp3) is 0.292. The number of hydrogen-bond donors (Lipinski definition) is 3. The smallest absolute Gasteiger partial charge is 0.366 e. The number of primary amides is 2. The summed E-state index contributed by atoms with van der Waals surface area (Å²) in [5.74, 6) is -1.95. The maximum atomic E-state index is 13.6. The number of halogens is 3. The van der Waals surface area contributed by atoms with Crippen molar-refractivity contribution >= 4 is 29.1 Å². The molecule has 2 aromatic carbocycles. The van der Waals surface area contributed by atoms with Crippen LogP contribution in [0.2, 0.25) is 0 Å². The Bertz CT molecular complexity index is 1220. The fourth-order valence-electron chi connectivity index (χ4n) is 4.86. The number of benzene rings is 2. The number of nitrogens with two attached hydrogens (primary N) is 2. The number of nitrogens with one attached hydrogen (secondary N) is 1. The van der Waals surface area contributed by atoms with Gasteiger partial charge in [-0.25, -0.2) is 0 Å². The van der Waals surface area contributed by atoms with Gasteiger partial charge in [0.05, 0.1) is 16.9 Å².